The van der Waals surface area contributed by atoms with Crippen LogP contribution in [0.5, 0.6) is 0 Å². The van der Waals surface area contributed by atoms with Crippen molar-refractivity contribution in [2.45, 2.75) is 25.8 Å². The molecule has 0 radical (unpaired) electrons. The highest BCUT2D eigenvalue weighted by Crippen LogP contribution is 2.28. The van der Waals surface area contributed by atoms with Crippen molar-refractivity contribution in [3.05, 3.63) is 68.1 Å². The van der Waals surface area contributed by atoms with Crippen molar-refractivity contribution in [2.24, 2.45) is 0 Å². The van der Waals surface area contributed by atoms with Crippen LogP contribution >= 0.6 is 39.1 Å². The van der Waals surface area contributed by atoms with Crippen LogP contribution in [0.15, 0.2) is 46.9 Å². The smallest absolute Gasteiger partial charge is 0.0468 e. The van der Waals surface area contributed by atoms with Gasteiger partial charge in [-0.3, -0.25) is 0 Å². The summed E-state index contributed by atoms with van der Waals surface area (Å²) in [6.45, 7) is 3.12. The normalized spacial score (nSPS) is 12.4. The molecule has 0 aliphatic rings. The summed E-state index contributed by atoms with van der Waals surface area (Å²) >= 11 is 15.8. The number of benzene rings is 2. The topological polar surface area (TPSA) is 12.0 Å². The fourth-order valence-corrected chi connectivity index (χ4v) is 3.06. The molecule has 0 fully saturated rings. The molecule has 0 saturated carbocycles. The molecule has 0 spiro atoms. The van der Waals surface area contributed by atoms with Crippen LogP contribution in [0, 0.1) is 0 Å². The van der Waals surface area contributed by atoms with E-state index < -0.39 is 0 Å². The second kappa shape index (κ2) is 8.19. The summed E-state index contributed by atoms with van der Waals surface area (Å²) in [6, 6.07) is 14.3. The lowest BCUT2D eigenvalue weighted by atomic mass is 9.98. The van der Waals surface area contributed by atoms with Crippen molar-refractivity contribution in [3.63, 3.8) is 0 Å². The number of nitrogens with one attached hydrogen (secondary N) is 1. The van der Waals surface area contributed by atoms with E-state index in [1.54, 1.807) is 6.07 Å². The van der Waals surface area contributed by atoms with Gasteiger partial charge >= 0.3 is 0 Å². The summed E-state index contributed by atoms with van der Waals surface area (Å²) in [6.07, 6.45) is 1.98. The standard InChI is InChI=1S/C17H18BrCl2N/c1-2-9-21-17(10-12-3-5-13(18)6-4-12)15-8-7-14(19)11-16(15)20/h3-8,11,17,21H,2,9-10H2,1H3. The number of rotatable bonds is 6. The predicted molar refractivity (Wildman–Crippen MR) is 95.3 cm³/mol. The molecule has 0 aromatic heterocycles. The molecule has 1 N–H and O–H groups in total. The molecule has 112 valence electrons. The van der Waals surface area contributed by atoms with Gasteiger partial charge in [0.05, 0.1) is 0 Å². The Morgan fingerprint density at radius 1 is 1.10 bits per heavy atom. The van der Waals surface area contributed by atoms with E-state index in [0.717, 1.165) is 29.4 Å². The summed E-state index contributed by atoms with van der Waals surface area (Å²) in [5.41, 5.74) is 2.37. The maximum Gasteiger partial charge on any atom is 0.0468 e. The monoisotopic (exact) mass is 385 g/mol. The molecular formula is C17H18BrCl2N. The van der Waals surface area contributed by atoms with Crippen molar-refractivity contribution in [1.82, 2.24) is 5.32 Å². The van der Waals surface area contributed by atoms with Crippen LogP contribution in [0.25, 0.3) is 0 Å². The van der Waals surface area contributed by atoms with E-state index in [9.17, 15) is 0 Å². The molecular weight excluding hydrogens is 369 g/mol. The second-order valence-corrected chi connectivity index (χ2v) is 6.76. The largest absolute Gasteiger partial charge is 0.310 e. The molecule has 2 aromatic carbocycles. The Morgan fingerprint density at radius 3 is 2.43 bits per heavy atom. The maximum absolute atomic E-state index is 6.36. The van der Waals surface area contributed by atoms with Gasteiger partial charge in [-0.05, 0) is 54.8 Å². The maximum atomic E-state index is 6.36. The van der Waals surface area contributed by atoms with Crippen LogP contribution in [-0.2, 0) is 6.42 Å². The van der Waals surface area contributed by atoms with Gasteiger partial charge in [0.2, 0.25) is 0 Å². The zero-order valence-corrected chi connectivity index (χ0v) is 15.0. The summed E-state index contributed by atoms with van der Waals surface area (Å²) < 4.78 is 1.09. The fourth-order valence-electron chi connectivity index (χ4n) is 2.25. The van der Waals surface area contributed by atoms with Crippen molar-refractivity contribution >= 4 is 39.1 Å². The molecule has 0 aliphatic heterocycles. The summed E-state index contributed by atoms with van der Waals surface area (Å²) in [5, 5.41) is 4.95. The zero-order valence-electron chi connectivity index (χ0n) is 11.9. The van der Waals surface area contributed by atoms with E-state index >= 15 is 0 Å². The van der Waals surface area contributed by atoms with Gasteiger partial charge in [0.15, 0.2) is 0 Å². The predicted octanol–water partition coefficient (Wildman–Crippen LogP) is 6.04. The average molecular weight is 387 g/mol. The molecule has 1 unspecified atom stereocenters. The average Bonchev–Trinajstić information content (AvgIpc) is 2.46. The molecule has 2 rings (SSSR count). The first kappa shape index (κ1) is 16.8. The molecule has 2 aromatic rings. The van der Waals surface area contributed by atoms with Gasteiger partial charge in [-0.15, -0.1) is 0 Å². The summed E-state index contributed by atoms with van der Waals surface area (Å²) in [4.78, 5) is 0. The Bertz CT molecular complexity index is 584. The van der Waals surface area contributed by atoms with Crippen LogP contribution in [-0.4, -0.2) is 6.54 Å². The molecule has 0 heterocycles. The van der Waals surface area contributed by atoms with Crippen LogP contribution in [0.4, 0.5) is 0 Å². The number of halogens is 3. The Hall–Kier alpha value is -0.540. The summed E-state index contributed by atoms with van der Waals surface area (Å²) in [5.74, 6) is 0. The molecule has 1 nitrogen and oxygen atoms in total. The molecule has 1 atom stereocenters. The lowest BCUT2D eigenvalue weighted by Gasteiger charge is -2.20. The second-order valence-electron chi connectivity index (χ2n) is 5.00. The summed E-state index contributed by atoms with van der Waals surface area (Å²) in [7, 11) is 0. The fraction of sp³-hybridized carbons (Fsp3) is 0.294. The van der Waals surface area contributed by atoms with Gasteiger partial charge in [-0.1, -0.05) is 64.3 Å². The number of hydrogen-bond acceptors (Lipinski definition) is 1. The Balaban J connectivity index is 2.22. The minimum Gasteiger partial charge on any atom is -0.310 e. The lowest BCUT2D eigenvalue weighted by Crippen LogP contribution is -2.24. The van der Waals surface area contributed by atoms with Gasteiger partial charge in [0.1, 0.15) is 0 Å². The molecule has 0 amide bonds. The quantitative estimate of drug-likeness (QED) is 0.638. The van der Waals surface area contributed by atoms with Crippen molar-refractivity contribution in [1.29, 1.82) is 0 Å². The van der Waals surface area contributed by atoms with Crippen LogP contribution in [0.3, 0.4) is 0 Å². The van der Waals surface area contributed by atoms with Gasteiger partial charge in [0, 0.05) is 20.6 Å². The van der Waals surface area contributed by atoms with E-state index in [4.69, 9.17) is 23.2 Å². The SMILES string of the molecule is CCCNC(Cc1ccc(Br)cc1)c1ccc(Cl)cc1Cl. The molecule has 21 heavy (non-hydrogen) atoms. The van der Waals surface area contributed by atoms with Gasteiger partial charge in [-0.25, -0.2) is 0 Å². The Morgan fingerprint density at radius 2 is 1.81 bits per heavy atom. The third kappa shape index (κ3) is 5.00. The van der Waals surface area contributed by atoms with E-state index in [1.807, 2.05) is 12.1 Å². The highest BCUT2D eigenvalue weighted by atomic mass is 79.9. The van der Waals surface area contributed by atoms with E-state index in [2.05, 4.69) is 52.4 Å². The minimum absolute atomic E-state index is 0.191. The van der Waals surface area contributed by atoms with E-state index in [1.165, 1.54) is 5.56 Å². The van der Waals surface area contributed by atoms with Crippen LogP contribution in [0.2, 0.25) is 10.0 Å². The van der Waals surface area contributed by atoms with Crippen molar-refractivity contribution in [3.8, 4) is 0 Å². The Kier molecular flexibility index (Phi) is 6.56. The molecule has 4 heteroatoms. The van der Waals surface area contributed by atoms with Gasteiger partial charge in [-0.2, -0.15) is 0 Å². The van der Waals surface area contributed by atoms with E-state index in [0.29, 0.717) is 10.0 Å². The highest BCUT2D eigenvalue weighted by molar-refractivity contribution is 9.10. The van der Waals surface area contributed by atoms with Gasteiger partial charge in [0.25, 0.3) is 0 Å². The van der Waals surface area contributed by atoms with Crippen LogP contribution < -0.4 is 5.32 Å². The zero-order chi connectivity index (χ0) is 15.2. The third-order valence-electron chi connectivity index (χ3n) is 3.33. The van der Waals surface area contributed by atoms with Crippen molar-refractivity contribution < 1.29 is 0 Å². The molecule has 0 saturated heterocycles. The first-order valence-corrected chi connectivity index (χ1v) is 8.58. The van der Waals surface area contributed by atoms with E-state index in [-0.39, 0.29) is 6.04 Å². The third-order valence-corrected chi connectivity index (χ3v) is 4.42. The first-order valence-electron chi connectivity index (χ1n) is 7.03. The van der Waals surface area contributed by atoms with Crippen molar-refractivity contribution in [2.75, 3.05) is 6.54 Å². The van der Waals surface area contributed by atoms with Crippen LogP contribution in [0.1, 0.15) is 30.5 Å². The molecule has 0 bridgehead atoms. The Labute approximate surface area is 144 Å². The van der Waals surface area contributed by atoms with Gasteiger partial charge < -0.3 is 5.32 Å². The lowest BCUT2D eigenvalue weighted by molar-refractivity contribution is 0.529. The minimum atomic E-state index is 0.191. The first-order chi connectivity index (χ1) is 10.1. The number of hydrogen-bond donors (Lipinski definition) is 1. The molecule has 0 aliphatic carbocycles. The highest BCUT2D eigenvalue weighted by Gasteiger charge is 2.15.